The van der Waals surface area contributed by atoms with Crippen molar-refractivity contribution in [3.8, 4) is 0 Å². The Kier molecular flexibility index (Phi) is 4.46. The summed E-state index contributed by atoms with van der Waals surface area (Å²) in [5, 5.41) is 0. The van der Waals surface area contributed by atoms with Crippen LogP contribution in [0.5, 0.6) is 0 Å². The third-order valence-corrected chi connectivity index (χ3v) is 7.55. The van der Waals surface area contributed by atoms with Gasteiger partial charge in [0.1, 0.15) is 0 Å². The van der Waals surface area contributed by atoms with E-state index in [9.17, 15) is 9.59 Å². The van der Waals surface area contributed by atoms with E-state index in [-0.39, 0.29) is 11.8 Å². The highest BCUT2D eigenvalue weighted by atomic mass is 16.2. The smallest absolute Gasteiger partial charge is 0.237 e. The Hall–Kier alpha value is -1.88. The topological polar surface area (TPSA) is 66.6 Å². The number of amides is 2. The van der Waals surface area contributed by atoms with Gasteiger partial charge in [-0.3, -0.25) is 9.59 Å². The SMILES string of the molecule is NC1CCC(CN2C(=O)C3(CCN(C(=O)C4CC4)CC3)c3ccccc32)CC1. The average molecular weight is 382 g/mol. The summed E-state index contributed by atoms with van der Waals surface area (Å²) < 4.78 is 0. The van der Waals surface area contributed by atoms with Crippen molar-refractivity contribution in [2.75, 3.05) is 24.5 Å². The second-order valence-corrected chi connectivity index (χ2v) is 9.40. The molecule has 0 atom stereocenters. The van der Waals surface area contributed by atoms with Crippen molar-refractivity contribution < 1.29 is 9.59 Å². The van der Waals surface area contributed by atoms with Crippen LogP contribution in [0.4, 0.5) is 5.69 Å². The summed E-state index contributed by atoms with van der Waals surface area (Å²) in [5.74, 6) is 1.38. The minimum atomic E-state index is -0.429. The van der Waals surface area contributed by atoms with E-state index in [1.165, 1.54) is 5.56 Å². The predicted molar refractivity (Wildman–Crippen MR) is 109 cm³/mol. The Bertz CT molecular complexity index is 772. The molecule has 150 valence electrons. The Balaban J connectivity index is 1.36. The molecule has 4 aliphatic rings. The number of carbonyl (C=O) groups excluding carboxylic acids is 2. The third kappa shape index (κ3) is 2.95. The number of hydrogen-bond acceptors (Lipinski definition) is 3. The molecule has 0 bridgehead atoms. The number of anilines is 1. The van der Waals surface area contributed by atoms with Crippen molar-refractivity contribution in [1.29, 1.82) is 0 Å². The molecule has 0 unspecified atom stereocenters. The van der Waals surface area contributed by atoms with Crippen LogP contribution >= 0.6 is 0 Å². The lowest BCUT2D eigenvalue weighted by Gasteiger charge is -2.39. The summed E-state index contributed by atoms with van der Waals surface area (Å²) in [7, 11) is 0. The molecule has 1 aromatic rings. The number of piperidine rings is 1. The van der Waals surface area contributed by atoms with Crippen molar-refractivity contribution in [3.63, 3.8) is 0 Å². The molecule has 0 radical (unpaired) electrons. The van der Waals surface area contributed by atoms with Gasteiger partial charge < -0.3 is 15.5 Å². The molecule has 2 aliphatic heterocycles. The second kappa shape index (κ2) is 6.87. The lowest BCUT2D eigenvalue weighted by molar-refractivity contribution is -0.136. The first kappa shape index (κ1) is 18.2. The number of para-hydroxylation sites is 1. The zero-order chi connectivity index (χ0) is 19.3. The van der Waals surface area contributed by atoms with E-state index in [1.807, 2.05) is 11.0 Å². The molecule has 2 amide bonds. The molecule has 1 aromatic carbocycles. The summed E-state index contributed by atoms with van der Waals surface area (Å²) in [6, 6.07) is 8.68. The summed E-state index contributed by atoms with van der Waals surface area (Å²) in [6.45, 7) is 2.23. The van der Waals surface area contributed by atoms with Gasteiger partial charge in [0, 0.05) is 37.3 Å². The fraction of sp³-hybridized carbons (Fsp3) is 0.652. The molecule has 5 rings (SSSR count). The van der Waals surface area contributed by atoms with Gasteiger partial charge >= 0.3 is 0 Å². The molecule has 5 nitrogen and oxygen atoms in total. The number of benzene rings is 1. The van der Waals surface area contributed by atoms with Crippen LogP contribution in [0.15, 0.2) is 24.3 Å². The van der Waals surface area contributed by atoms with Crippen LogP contribution in [-0.4, -0.2) is 42.4 Å². The first-order chi connectivity index (χ1) is 13.6. The fourth-order valence-corrected chi connectivity index (χ4v) is 5.59. The van der Waals surface area contributed by atoms with Crippen LogP contribution < -0.4 is 10.6 Å². The Labute approximate surface area is 167 Å². The van der Waals surface area contributed by atoms with E-state index in [1.54, 1.807) is 0 Å². The molecule has 28 heavy (non-hydrogen) atoms. The number of nitrogens with zero attached hydrogens (tertiary/aromatic N) is 2. The Morgan fingerprint density at radius 1 is 1.04 bits per heavy atom. The summed E-state index contributed by atoms with van der Waals surface area (Å²) in [4.78, 5) is 30.2. The minimum absolute atomic E-state index is 0.259. The van der Waals surface area contributed by atoms with Crippen LogP contribution in [0.2, 0.25) is 0 Å². The highest BCUT2D eigenvalue weighted by molar-refractivity contribution is 6.08. The van der Waals surface area contributed by atoms with Crippen molar-refractivity contribution >= 4 is 17.5 Å². The molecule has 2 heterocycles. The van der Waals surface area contributed by atoms with Gasteiger partial charge in [0.2, 0.25) is 11.8 Å². The van der Waals surface area contributed by atoms with E-state index in [0.29, 0.717) is 31.0 Å². The van der Waals surface area contributed by atoms with Gasteiger partial charge in [-0.15, -0.1) is 0 Å². The number of hydrogen-bond donors (Lipinski definition) is 1. The van der Waals surface area contributed by atoms with Crippen LogP contribution in [0.1, 0.15) is 56.9 Å². The molecule has 2 N–H and O–H groups in total. The quantitative estimate of drug-likeness (QED) is 0.875. The van der Waals surface area contributed by atoms with Crippen LogP contribution in [0, 0.1) is 11.8 Å². The molecule has 1 spiro atoms. The number of nitrogens with two attached hydrogens (primary N) is 1. The Morgan fingerprint density at radius 2 is 1.71 bits per heavy atom. The van der Waals surface area contributed by atoms with Crippen molar-refractivity contribution in [3.05, 3.63) is 29.8 Å². The number of fused-ring (bicyclic) bond motifs is 2. The second-order valence-electron chi connectivity index (χ2n) is 9.40. The standard InChI is InChI=1S/C23H31N3O2/c24-18-9-5-16(6-10-18)15-26-20-4-2-1-3-19(20)23(22(26)28)11-13-25(14-12-23)21(27)17-7-8-17/h1-4,16-18H,5-15,24H2. The van der Waals surface area contributed by atoms with E-state index < -0.39 is 5.41 Å². The maximum atomic E-state index is 13.7. The summed E-state index contributed by atoms with van der Waals surface area (Å²) in [5.41, 5.74) is 7.93. The number of carbonyl (C=O) groups is 2. The van der Waals surface area contributed by atoms with E-state index in [4.69, 9.17) is 5.73 Å². The van der Waals surface area contributed by atoms with Crippen molar-refractivity contribution in [2.45, 2.75) is 62.8 Å². The minimum Gasteiger partial charge on any atom is -0.342 e. The van der Waals surface area contributed by atoms with Gasteiger partial charge in [-0.1, -0.05) is 18.2 Å². The molecule has 2 aliphatic carbocycles. The molecule has 3 fully saturated rings. The maximum Gasteiger partial charge on any atom is 0.237 e. The van der Waals surface area contributed by atoms with Crippen molar-refractivity contribution in [1.82, 2.24) is 4.90 Å². The lowest BCUT2D eigenvalue weighted by atomic mass is 9.73. The highest BCUT2D eigenvalue weighted by Gasteiger charge is 2.53. The van der Waals surface area contributed by atoms with Gasteiger partial charge in [-0.25, -0.2) is 0 Å². The largest absolute Gasteiger partial charge is 0.342 e. The maximum absolute atomic E-state index is 13.7. The molecular formula is C23H31N3O2. The molecule has 0 aromatic heterocycles. The number of likely N-dealkylation sites (tertiary alicyclic amines) is 1. The van der Waals surface area contributed by atoms with E-state index >= 15 is 0 Å². The van der Waals surface area contributed by atoms with Gasteiger partial charge in [0.05, 0.1) is 5.41 Å². The first-order valence-corrected chi connectivity index (χ1v) is 11.0. The van der Waals surface area contributed by atoms with Gasteiger partial charge in [-0.05, 0) is 68.9 Å². The van der Waals surface area contributed by atoms with Crippen molar-refractivity contribution in [2.24, 2.45) is 17.6 Å². The third-order valence-electron chi connectivity index (χ3n) is 7.55. The lowest BCUT2D eigenvalue weighted by Crippen LogP contribution is -2.51. The zero-order valence-electron chi connectivity index (χ0n) is 16.6. The average Bonchev–Trinajstić information content (AvgIpc) is 3.55. The summed E-state index contributed by atoms with van der Waals surface area (Å²) in [6.07, 6.45) is 7.96. The normalized spacial score (nSPS) is 29.2. The van der Waals surface area contributed by atoms with E-state index in [0.717, 1.165) is 63.6 Å². The molecule has 1 saturated heterocycles. The monoisotopic (exact) mass is 381 g/mol. The molecule has 2 saturated carbocycles. The van der Waals surface area contributed by atoms with Gasteiger partial charge in [0.15, 0.2) is 0 Å². The first-order valence-electron chi connectivity index (χ1n) is 11.0. The number of rotatable bonds is 3. The van der Waals surface area contributed by atoms with Gasteiger partial charge in [-0.2, -0.15) is 0 Å². The molecule has 5 heteroatoms. The molecular weight excluding hydrogens is 350 g/mol. The highest BCUT2D eigenvalue weighted by Crippen LogP contribution is 2.49. The van der Waals surface area contributed by atoms with E-state index in [2.05, 4.69) is 23.1 Å². The Morgan fingerprint density at radius 3 is 2.39 bits per heavy atom. The zero-order valence-corrected chi connectivity index (χ0v) is 16.6. The fourth-order valence-electron chi connectivity index (χ4n) is 5.59. The van der Waals surface area contributed by atoms with Gasteiger partial charge in [0.25, 0.3) is 0 Å². The summed E-state index contributed by atoms with van der Waals surface area (Å²) >= 11 is 0. The van der Waals surface area contributed by atoms with Crippen LogP contribution in [0.25, 0.3) is 0 Å². The van der Waals surface area contributed by atoms with Crippen LogP contribution in [0.3, 0.4) is 0 Å². The van der Waals surface area contributed by atoms with Crippen LogP contribution in [-0.2, 0) is 15.0 Å². The predicted octanol–water partition coefficient (Wildman–Crippen LogP) is 2.82.